The number of allylic oxidation sites excluding steroid dienone is 2. The second-order valence-corrected chi connectivity index (χ2v) is 7.40. The molecule has 2 aromatic heterocycles. The van der Waals surface area contributed by atoms with Crippen LogP contribution in [-0.4, -0.2) is 33.0 Å². The third-order valence-electron chi connectivity index (χ3n) is 5.90. The summed E-state index contributed by atoms with van der Waals surface area (Å²) in [6, 6.07) is 2.12. The fourth-order valence-electron chi connectivity index (χ4n) is 4.41. The van der Waals surface area contributed by atoms with Gasteiger partial charge in [-0.15, -0.1) is 0 Å². The summed E-state index contributed by atoms with van der Waals surface area (Å²) >= 11 is 0. The summed E-state index contributed by atoms with van der Waals surface area (Å²) in [6.45, 7) is -0.0180. The van der Waals surface area contributed by atoms with E-state index in [-0.39, 0.29) is 18.7 Å². The number of benzene rings is 1. The number of aromatic hydroxyl groups is 1. The molecule has 1 N–H and O–H groups in total. The highest BCUT2D eigenvalue weighted by molar-refractivity contribution is 5.42. The molecule has 0 radical (unpaired) electrons. The topological polar surface area (TPSA) is 118 Å². The molecule has 3 aromatic rings. The predicted octanol–water partition coefficient (Wildman–Crippen LogP) is -1.36. The average molecular weight is 416 g/mol. The summed E-state index contributed by atoms with van der Waals surface area (Å²) < 4.78 is 20.8. The van der Waals surface area contributed by atoms with Crippen molar-refractivity contribution >= 4 is 0 Å². The molecule has 30 heavy (non-hydrogen) atoms. The standard InChI is InChI=1S/C18H17FN6O5/c1-20-15(27)22-7-6-9-12(24(22)17(20)29)8-23-16(28)21(2)18(30)25(23)13(9)10-4-3-5-11(19)14(10)26/h3-6,12-13,26H,7-8H2,1-2H3/t12-,13-/m1/s1. The molecule has 2 aliphatic rings. The lowest BCUT2D eigenvalue weighted by Gasteiger charge is -2.37. The molecule has 0 fully saturated rings. The molecule has 12 heteroatoms. The van der Waals surface area contributed by atoms with E-state index in [2.05, 4.69) is 0 Å². The van der Waals surface area contributed by atoms with E-state index in [1.54, 1.807) is 6.08 Å². The number of hydrogen-bond donors (Lipinski definition) is 1. The zero-order valence-corrected chi connectivity index (χ0v) is 16.0. The summed E-state index contributed by atoms with van der Waals surface area (Å²) in [5.41, 5.74) is -1.76. The Morgan fingerprint density at radius 3 is 2.27 bits per heavy atom. The zero-order valence-electron chi connectivity index (χ0n) is 16.0. The highest BCUT2D eigenvalue weighted by Crippen LogP contribution is 2.41. The van der Waals surface area contributed by atoms with Crippen LogP contribution < -0.4 is 22.8 Å². The Kier molecular flexibility index (Phi) is 3.55. The van der Waals surface area contributed by atoms with Crippen molar-refractivity contribution in [2.24, 2.45) is 14.1 Å². The summed E-state index contributed by atoms with van der Waals surface area (Å²) in [5, 5.41) is 10.4. The Hall–Kier alpha value is -3.83. The number of nitrogens with zero attached hydrogens (tertiary/aromatic N) is 6. The monoisotopic (exact) mass is 416 g/mol. The van der Waals surface area contributed by atoms with Crippen molar-refractivity contribution in [3.8, 4) is 5.75 Å². The van der Waals surface area contributed by atoms with Gasteiger partial charge in [-0.1, -0.05) is 18.2 Å². The van der Waals surface area contributed by atoms with Gasteiger partial charge in [0.15, 0.2) is 11.6 Å². The Labute approximate surface area is 166 Å². The van der Waals surface area contributed by atoms with Crippen molar-refractivity contribution < 1.29 is 9.50 Å². The molecule has 0 saturated carbocycles. The second kappa shape index (κ2) is 5.84. The summed E-state index contributed by atoms with van der Waals surface area (Å²) in [4.78, 5) is 50.6. The second-order valence-electron chi connectivity index (χ2n) is 7.40. The molecule has 0 saturated heterocycles. The van der Waals surface area contributed by atoms with Crippen LogP contribution in [0.25, 0.3) is 0 Å². The first-order valence-electron chi connectivity index (χ1n) is 9.18. The van der Waals surface area contributed by atoms with Crippen LogP contribution in [0.1, 0.15) is 17.6 Å². The summed E-state index contributed by atoms with van der Waals surface area (Å²) in [6.07, 6.45) is 1.67. The van der Waals surface area contributed by atoms with Crippen LogP contribution in [0.4, 0.5) is 4.39 Å². The maximum Gasteiger partial charge on any atom is 0.347 e. The minimum atomic E-state index is -1.03. The van der Waals surface area contributed by atoms with Crippen LogP contribution in [0, 0.1) is 5.82 Å². The highest BCUT2D eigenvalue weighted by atomic mass is 19.1. The largest absolute Gasteiger partial charge is 0.505 e. The lowest BCUT2D eigenvalue weighted by molar-refractivity contribution is 0.243. The molecule has 4 heterocycles. The first-order valence-corrected chi connectivity index (χ1v) is 9.18. The van der Waals surface area contributed by atoms with Gasteiger partial charge in [-0.3, -0.25) is 0 Å². The van der Waals surface area contributed by atoms with Crippen LogP contribution >= 0.6 is 0 Å². The molecular weight excluding hydrogens is 399 g/mol. The van der Waals surface area contributed by atoms with Gasteiger partial charge in [-0.2, -0.15) is 0 Å². The molecule has 11 nitrogen and oxygen atoms in total. The lowest BCUT2D eigenvalue weighted by atomic mass is 9.89. The van der Waals surface area contributed by atoms with Crippen LogP contribution in [0.15, 0.2) is 49.0 Å². The van der Waals surface area contributed by atoms with E-state index in [0.29, 0.717) is 5.57 Å². The maximum atomic E-state index is 14.1. The van der Waals surface area contributed by atoms with E-state index >= 15 is 0 Å². The van der Waals surface area contributed by atoms with Crippen molar-refractivity contribution in [1.29, 1.82) is 0 Å². The van der Waals surface area contributed by atoms with E-state index in [4.69, 9.17) is 0 Å². The zero-order chi connectivity index (χ0) is 21.5. The number of hydrogen-bond acceptors (Lipinski definition) is 5. The number of aromatic nitrogens is 6. The molecule has 2 aliphatic heterocycles. The fraction of sp³-hybridized carbons (Fsp3) is 0.333. The van der Waals surface area contributed by atoms with Gasteiger partial charge in [0, 0.05) is 19.7 Å². The molecule has 0 unspecified atom stereocenters. The average Bonchev–Trinajstić information content (AvgIpc) is 3.09. The van der Waals surface area contributed by atoms with Crippen molar-refractivity contribution in [1.82, 2.24) is 27.9 Å². The van der Waals surface area contributed by atoms with Crippen LogP contribution in [-0.2, 0) is 27.2 Å². The smallest absolute Gasteiger partial charge is 0.347 e. The van der Waals surface area contributed by atoms with Crippen molar-refractivity contribution in [2.45, 2.75) is 25.2 Å². The quantitative estimate of drug-likeness (QED) is 0.492. The number of para-hydroxylation sites is 1. The fourth-order valence-corrected chi connectivity index (χ4v) is 4.41. The van der Waals surface area contributed by atoms with Gasteiger partial charge in [-0.25, -0.2) is 51.4 Å². The Morgan fingerprint density at radius 2 is 1.57 bits per heavy atom. The molecule has 0 aliphatic carbocycles. The van der Waals surface area contributed by atoms with Gasteiger partial charge in [-0.05, 0) is 11.6 Å². The van der Waals surface area contributed by atoms with Crippen molar-refractivity contribution in [2.75, 3.05) is 0 Å². The Morgan fingerprint density at radius 1 is 0.933 bits per heavy atom. The SMILES string of the molecule is Cn1c(=O)n2n(c1=O)[C@@H]1Cn3c(=O)n(C)c(=O)n3[C@@H](c3cccc(F)c3O)C1=CC2. The van der Waals surface area contributed by atoms with Gasteiger partial charge in [0.1, 0.15) is 6.04 Å². The number of phenolic OH excluding ortho intramolecular Hbond substituents is 1. The van der Waals surface area contributed by atoms with E-state index in [9.17, 15) is 28.7 Å². The molecular formula is C18H17FN6O5. The molecule has 5 rings (SSSR count). The lowest BCUT2D eigenvalue weighted by Crippen LogP contribution is -2.47. The van der Waals surface area contributed by atoms with Crippen LogP contribution in [0.5, 0.6) is 5.75 Å². The molecule has 0 spiro atoms. The third-order valence-corrected chi connectivity index (χ3v) is 5.90. The predicted molar refractivity (Wildman–Crippen MR) is 101 cm³/mol. The highest BCUT2D eigenvalue weighted by Gasteiger charge is 2.41. The van der Waals surface area contributed by atoms with Gasteiger partial charge >= 0.3 is 22.8 Å². The van der Waals surface area contributed by atoms with E-state index in [1.807, 2.05) is 0 Å². The van der Waals surface area contributed by atoms with Gasteiger partial charge in [0.25, 0.3) is 0 Å². The molecule has 1 aromatic carbocycles. The van der Waals surface area contributed by atoms with Gasteiger partial charge < -0.3 is 5.11 Å². The van der Waals surface area contributed by atoms with E-state index < -0.39 is 46.4 Å². The normalized spacial score (nSPS) is 19.8. The van der Waals surface area contributed by atoms with Crippen molar-refractivity contribution in [3.63, 3.8) is 0 Å². The molecule has 0 amide bonds. The number of halogens is 1. The Bertz CT molecular complexity index is 1490. The minimum absolute atomic E-state index is 0.0547. The maximum absolute atomic E-state index is 14.1. The minimum Gasteiger partial charge on any atom is -0.505 e. The van der Waals surface area contributed by atoms with E-state index in [1.165, 1.54) is 35.6 Å². The first-order chi connectivity index (χ1) is 14.2. The number of rotatable bonds is 1. The van der Waals surface area contributed by atoms with Crippen molar-refractivity contribution in [3.05, 3.63) is 83.2 Å². The number of phenols is 1. The third kappa shape index (κ3) is 2.07. The number of fused-ring (bicyclic) bond motifs is 4. The summed E-state index contributed by atoms with van der Waals surface area (Å²) in [5.74, 6) is -1.53. The molecule has 2 atom stereocenters. The van der Waals surface area contributed by atoms with Crippen LogP contribution in [0.2, 0.25) is 0 Å². The van der Waals surface area contributed by atoms with E-state index in [0.717, 1.165) is 24.6 Å². The Balaban J connectivity index is 1.87. The van der Waals surface area contributed by atoms with Gasteiger partial charge in [0.2, 0.25) is 0 Å². The summed E-state index contributed by atoms with van der Waals surface area (Å²) in [7, 11) is 2.67. The first kappa shape index (κ1) is 18.2. The molecule has 156 valence electrons. The van der Waals surface area contributed by atoms with Crippen LogP contribution in [0.3, 0.4) is 0 Å². The molecule has 0 bridgehead atoms. The van der Waals surface area contributed by atoms with Gasteiger partial charge in [0.05, 0.1) is 19.1 Å².